The molecule has 1 unspecified atom stereocenters. The Bertz CT molecular complexity index is 972. The molecule has 0 aromatic heterocycles. The van der Waals surface area contributed by atoms with Gasteiger partial charge in [0.15, 0.2) is 0 Å². The molecule has 2 rings (SSSR count). The average Bonchev–Trinajstić information content (AvgIpc) is 2.60. The number of hydrogen-bond acceptors (Lipinski definition) is 4. The Morgan fingerprint density at radius 2 is 1.63 bits per heavy atom. The Kier molecular flexibility index (Phi) is 5.59. The lowest BCUT2D eigenvalue weighted by Gasteiger charge is -2.16. The van der Waals surface area contributed by atoms with Gasteiger partial charge in [-0.3, -0.25) is 4.79 Å². The number of carboxylic acids is 1. The van der Waals surface area contributed by atoms with Crippen LogP contribution in [0.15, 0.2) is 58.3 Å². The van der Waals surface area contributed by atoms with Crippen LogP contribution in [0.2, 0.25) is 0 Å². The zero-order valence-corrected chi connectivity index (χ0v) is 14.6. The van der Waals surface area contributed by atoms with Gasteiger partial charge in [-0.1, -0.05) is 18.2 Å². The second kappa shape index (κ2) is 7.39. The number of carbonyl (C=O) groups is 2. The summed E-state index contributed by atoms with van der Waals surface area (Å²) in [6.07, 6.45) is -4.80. The zero-order chi connectivity index (χ0) is 20.4. The second-order valence-corrected chi connectivity index (χ2v) is 7.53. The van der Waals surface area contributed by atoms with Crippen molar-refractivity contribution in [3.8, 4) is 0 Å². The number of anilines is 1. The van der Waals surface area contributed by atoms with Crippen LogP contribution in [-0.2, 0) is 14.6 Å². The third-order valence-electron chi connectivity index (χ3n) is 3.73. The molecule has 0 spiro atoms. The monoisotopic (exact) mass is 401 g/mol. The first-order chi connectivity index (χ1) is 12.4. The molecule has 2 aromatic rings. The van der Waals surface area contributed by atoms with E-state index in [1.54, 1.807) is 6.07 Å². The predicted octanol–water partition coefficient (Wildman–Crippen LogP) is 3.35. The standard InChI is InChI=1S/C17H14F3NO5S/c1-10(17(18,19)20)15(22)21-14-8-7-12(9-13(14)16(23)24)27(25,26)11-5-3-2-4-6-11/h2-10H,1H3,(H,21,22)(H,23,24). The van der Waals surface area contributed by atoms with E-state index < -0.39 is 45.1 Å². The molecule has 0 aliphatic rings. The van der Waals surface area contributed by atoms with Gasteiger partial charge in [0.05, 0.1) is 21.0 Å². The van der Waals surface area contributed by atoms with Crippen LogP contribution in [0.25, 0.3) is 0 Å². The smallest absolute Gasteiger partial charge is 0.400 e. The van der Waals surface area contributed by atoms with E-state index in [1.807, 2.05) is 5.32 Å². The van der Waals surface area contributed by atoms with Gasteiger partial charge >= 0.3 is 12.1 Å². The first kappa shape index (κ1) is 20.4. The van der Waals surface area contributed by atoms with Crippen molar-refractivity contribution in [1.82, 2.24) is 0 Å². The number of benzene rings is 2. The number of halogens is 3. The Hall–Kier alpha value is -2.88. The molecule has 0 radical (unpaired) electrons. The maximum Gasteiger partial charge on any atom is 0.400 e. The van der Waals surface area contributed by atoms with Crippen molar-refractivity contribution in [1.29, 1.82) is 0 Å². The molecule has 6 nitrogen and oxygen atoms in total. The number of sulfone groups is 1. The van der Waals surface area contributed by atoms with Crippen LogP contribution in [0, 0.1) is 5.92 Å². The first-order valence-electron chi connectivity index (χ1n) is 7.49. The van der Waals surface area contributed by atoms with Gasteiger partial charge in [-0.2, -0.15) is 13.2 Å². The minimum absolute atomic E-state index is 0.0798. The number of carboxylic acid groups (broad SMARTS) is 1. The molecule has 0 aliphatic heterocycles. The summed E-state index contributed by atoms with van der Waals surface area (Å²) in [5.74, 6) is -5.43. The minimum Gasteiger partial charge on any atom is -0.478 e. The van der Waals surface area contributed by atoms with Crippen molar-refractivity contribution in [2.75, 3.05) is 5.32 Å². The van der Waals surface area contributed by atoms with E-state index in [0.29, 0.717) is 6.92 Å². The highest BCUT2D eigenvalue weighted by molar-refractivity contribution is 7.91. The number of nitrogens with one attached hydrogen (secondary N) is 1. The van der Waals surface area contributed by atoms with Crippen molar-refractivity contribution in [2.45, 2.75) is 22.9 Å². The molecular formula is C17H14F3NO5S. The topological polar surface area (TPSA) is 101 Å². The van der Waals surface area contributed by atoms with E-state index in [0.717, 1.165) is 18.2 Å². The van der Waals surface area contributed by atoms with E-state index in [1.165, 1.54) is 24.3 Å². The number of rotatable bonds is 5. The van der Waals surface area contributed by atoms with E-state index in [4.69, 9.17) is 0 Å². The largest absolute Gasteiger partial charge is 0.478 e. The lowest BCUT2D eigenvalue weighted by Crippen LogP contribution is -2.33. The fourth-order valence-corrected chi connectivity index (χ4v) is 3.41. The van der Waals surface area contributed by atoms with Gasteiger partial charge in [-0.25, -0.2) is 13.2 Å². The summed E-state index contributed by atoms with van der Waals surface area (Å²) in [6.45, 7) is 0.629. The molecule has 0 saturated heterocycles. The van der Waals surface area contributed by atoms with Crippen molar-refractivity contribution in [2.24, 2.45) is 5.92 Å². The van der Waals surface area contributed by atoms with Gasteiger partial charge in [0.25, 0.3) is 0 Å². The first-order valence-corrected chi connectivity index (χ1v) is 8.98. The summed E-state index contributed by atoms with van der Waals surface area (Å²) in [7, 11) is -4.04. The summed E-state index contributed by atoms with van der Waals surface area (Å²) >= 11 is 0. The highest BCUT2D eigenvalue weighted by atomic mass is 32.2. The lowest BCUT2D eigenvalue weighted by atomic mass is 10.1. The third-order valence-corrected chi connectivity index (χ3v) is 5.49. The van der Waals surface area contributed by atoms with Crippen LogP contribution < -0.4 is 5.32 Å². The fourth-order valence-electron chi connectivity index (χ4n) is 2.10. The zero-order valence-electron chi connectivity index (χ0n) is 13.8. The van der Waals surface area contributed by atoms with Gasteiger partial charge in [-0.05, 0) is 37.3 Å². The quantitative estimate of drug-likeness (QED) is 0.800. The van der Waals surface area contributed by atoms with Crippen LogP contribution in [0.4, 0.5) is 18.9 Å². The predicted molar refractivity (Wildman–Crippen MR) is 89.1 cm³/mol. The van der Waals surface area contributed by atoms with Crippen molar-refractivity contribution < 1.29 is 36.3 Å². The summed E-state index contributed by atoms with van der Waals surface area (Å²) < 4.78 is 62.9. The van der Waals surface area contributed by atoms with Crippen LogP contribution in [0.1, 0.15) is 17.3 Å². The number of carbonyl (C=O) groups excluding carboxylic acids is 1. The number of amides is 1. The highest BCUT2D eigenvalue weighted by Crippen LogP contribution is 2.29. The maximum absolute atomic E-state index is 12.6. The van der Waals surface area contributed by atoms with Gasteiger partial charge in [0, 0.05) is 0 Å². The molecule has 144 valence electrons. The van der Waals surface area contributed by atoms with E-state index in [9.17, 15) is 36.3 Å². The minimum atomic E-state index is -4.80. The Labute approximate surface area is 152 Å². The molecule has 0 saturated carbocycles. The Morgan fingerprint density at radius 3 is 2.15 bits per heavy atom. The molecule has 27 heavy (non-hydrogen) atoms. The van der Waals surface area contributed by atoms with Gasteiger partial charge in [0.2, 0.25) is 15.7 Å². The fraction of sp³-hybridized carbons (Fsp3) is 0.176. The van der Waals surface area contributed by atoms with Gasteiger partial charge < -0.3 is 10.4 Å². The van der Waals surface area contributed by atoms with Crippen molar-refractivity contribution in [3.63, 3.8) is 0 Å². The molecule has 0 heterocycles. The number of hydrogen-bond donors (Lipinski definition) is 2. The SMILES string of the molecule is CC(C(=O)Nc1ccc(S(=O)(=O)c2ccccc2)cc1C(=O)O)C(F)(F)F. The van der Waals surface area contributed by atoms with Crippen LogP contribution in [0.3, 0.4) is 0 Å². The van der Waals surface area contributed by atoms with Gasteiger partial charge in [0.1, 0.15) is 5.92 Å². The number of alkyl halides is 3. The molecule has 2 aromatic carbocycles. The molecule has 10 heteroatoms. The van der Waals surface area contributed by atoms with Crippen LogP contribution >= 0.6 is 0 Å². The summed E-state index contributed by atoms with van der Waals surface area (Å²) in [4.78, 5) is 22.7. The van der Waals surface area contributed by atoms with Crippen molar-refractivity contribution >= 4 is 27.4 Å². The molecule has 0 bridgehead atoms. The second-order valence-electron chi connectivity index (χ2n) is 5.58. The van der Waals surface area contributed by atoms with Crippen LogP contribution in [0.5, 0.6) is 0 Å². The molecule has 0 fully saturated rings. The van der Waals surface area contributed by atoms with Gasteiger partial charge in [-0.15, -0.1) is 0 Å². The lowest BCUT2D eigenvalue weighted by molar-refractivity contribution is -0.175. The Morgan fingerprint density at radius 1 is 1.04 bits per heavy atom. The van der Waals surface area contributed by atoms with E-state index in [-0.39, 0.29) is 9.79 Å². The molecule has 1 amide bonds. The molecule has 0 aliphatic carbocycles. The highest BCUT2D eigenvalue weighted by Gasteiger charge is 2.41. The normalized spacial score (nSPS) is 13.0. The third kappa shape index (κ3) is 4.45. The summed E-state index contributed by atoms with van der Waals surface area (Å²) in [6, 6.07) is 9.95. The molecule has 2 N–H and O–H groups in total. The Balaban J connectivity index is 2.44. The van der Waals surface area contributed by atoms with Crippen LogP contribution in [-0.4, -0.2) is 31.6 Å². The average molecular weight is 401 g/mol. The van der Waals surface area contributed by atoms with E-state index >= 15 is 0 Å². The summed E-state index contributed by atoms with van der Waals surface area (Å²) in [5.41, 5.74) is -1.08. The summed E-state index contributed by atoms with van der Waals surface area (Å²) in [5, 5.41) is 11.2. The molecular weight excluding hydrogens is 387 g/mol. The van der Waals surface area contributed by atoms with Crippen molar-refractivity contribution in [3.05, 3.63) is 54.1 Å². The maximum atomic E-state index is 12.6. The van der Waals surface area contributed by atoms with E-state index in [2.05, 4.69) is 0 Å². The number of aromatic carboxylic acids is 1. The molecule has 1 atom stereocenters.